The van der Waals surface area contributed by atoms with Gasteiger partial charge in [0.1, 0.15) is 0 Å². The van der Waals surface area contributed by atoms with Crippen LogP contribution in [0.5, 0.6) is 0 Å². The number of anilines is 1. The molecule has 0 bridgehead atoms. The van der Waals surface area contributed by atoms with Crippen LogP contribution in [-0.2, 0) is 0 Å². The molecule has 0 saturated carbocycles. The second-order valence-corrected chi connectivity index (χ2v) is 4.74. The van der Waals surface area contributed by atoms with Crippen LogP contribution in [0, 0.1) is 0 Å². The third-order valence-corrected chi connectivity index (χ3v) is 2.61. The average molecular weight is 308 g/mol. The monoisotopic (exact) mass is 307 g/mol. The minimum atomic E-state index is -1.11. The summed E-state index contributed by atoms with van der Waals surface area (Å²) in [5.41, 5.74) is 1.00. The maximum atomic E-state index is 11.1. The molecule has 0 unspecified atom stereocenters. The van der Waals surface area contributed by atoms with E-state index in [0.717, 1.165) is 9.87 Å². The highest BCUT2D eigenvalue weighted by Crippen LogP contribution is 2.24. The predicted octanol–water partition coefficient (Wildman–Crippen LogP) is 2.65. The number of hydrogen-bond acceptors (Lipinski definition) is 4. The van der Waals surface area contributed by atoms with Crippen molar-refractivity contribution in [1.82, 2.24) is 10.2 Å². The molecule has 0 radical (unpaired) electrons. The standard InChI is InChI=1S/C12H10BrN3O2/c1-7(13)6-14-10-8-4-2-3-5-9(8)15-16-11(10)12(17)18/h2-5H,1,6H2,(H,14,15)(H,17,18). The van der Waals surface area contributed by atoms with E-state index < -0.39 is 5.97 Å². The number of halogens is 1. The number of aromatic nitrogens is 2. The highest BCUT2D eigenvalue weighted by molar-refractivity contribution is 9.11. The number of carboxylic acid groups (broad SMARTS) is 1. The Morgan fingerprint density at radius 1 is 1.39 bits per heavy atom. The van der Waals surface area contributed by atoms with E-state index in [0.29, 0.717) is 17.7 Å². The van der Waals surface area contributed by atoms with Crippen molar-refractivity contribution >= 4 is 38.5 Å². The maximum absolute atomic E-state index is 11.1. The molecule has 0 spiro atoms. The van der Waals surface area contributed by atoms with E-state index in [1.54, 1.807) is 12.1 Å². The van der Waals surface area contributed by atoms with Crippen molar-refractivity contribution < 1.29 is 9.90 Å². The average Bonchev–Trinajstić information content (AvgIpc) is 2.35. The van der Waals surface area contributed by atoms with Gasteiger partial charge in [-0.1, -0.05) is 40.7 Å². The molecule has 1 aromatic carbocycles. The lowest BCUT2D eigenvalue weighted by Crippen LogP contribution is -2.11. The van der Waals surface area contributed by atoms with Gasteiger partial charge in [0, 0.05) is 16.4 Å². The molecule has 0 atom stereocenters. The first-order chi connectivity index (χ1) is 8.59. The number of nitrogens with one attached hydrogen (secondary N) is 1. The van der Waals surface area contributed by atoms with Crippen LogP contribution < -0.4 is 5.32 Å². The van der Waals surface area contributed by atoms with E-state index in [2.05, 4.69) is 38.0 Å². The quantitative estimate of drug-likeness (QED) is 0.908. The Bertz CT molecular complexity index is 628. The van der Waals surface area contributed by atoms with Crippen LogP contribution in [-0.4, -0.2) is 27.8 Å². The third kappa shape index (κ3) is 2.48. The Kier molecular flexibility index (Phi) is 3.57. The molecular weight excluding hydrogens is 298 g/mol. The van der Waals surface area contributed by atoms with E-state index in [1.807, 2.05) is 12.1 Å². The number of benzene rings is 1. The van der Waals surface area contributed by atoms with Gasteiger partial charge in [-0.3, -0.25) is 0 Å². The normalized spacial score (nSPS) is 10.3. The molecule has 0 saturated heterocycles. The fourth-order valence-electron chi connectivity index (χ4n) is 1.57. The fraction of sp³-hybridized carbons (Fsp3) is 0.0833. The van der Waals surface area contributed by atoms with E-state index in [-0.39, 0.29) is 5.69 Å². The minimum absolute atomic E-state index is 0.0950. The van der Waals surface area contributed by atoms with E-state index in [4.69, 9.17) is 5.11 Å². The van der Waals surface area contributed by atoms with Crippen molar-refractivity contribution in [3.63, 3.8) is 0 Å². The van der Waals surface area contributed by atoms with Gasteiger partial charge >= 0.3 is 5.97 Å². The molecule has 2 rings (SSSR count). The van der Waals surface area contributed by atoms with Crippen molar-refractivity contribution in [2.75, 3.05) is 11.9 Å². The second-order valence-electron chi connectivity index (χ2n) is 3.62. The Morgan fingerprint density at radius 2 is 2.11 bits per heavy atom. The zero-order chi connectivity index (χ0) is 13.1. The summed E-state index contributed by atoms with van der Waals surface area (Å²) in [5.74, 6) is -1.11. The van der Waals surface area contributed by atoms with Crippen LogP contribution in [0.3, 0.4) is 0 Å². The number of hydrogen-bond donors (Lipinski definition) is 2. The van der Waals surface area contributed by atoms with Crippen LogP contribution >= 0.6 is 15.9 Å². The van der Waals surface area contributed by atoms with Gasteiger partial charge in [-0.25, -0.2) is 4.79 Å². The molecule has 6 heteroatoms. The molecule has 5 nitrogen and oxygen atoms in total. The van der Waals surface area contributed by atoms with Gasteiger partial charge in [-0.15, -0.1) is 10.2 Å². The first-order valence-electron chi connectivity index (χ1n) is 5.15. The van der Waals surface area contributed by atoms with Crippen LogP contribution in [0.1, 0.15) is 10.5 Å². The Hall–Kier alpha value is -1.95. The van der Waals surface area contributed by atoms with E-state index in [1.165, 1.54) is 0 Å². The van der Waals surface area contributed by atoms with Crippen LogP contribution in [0.25, 0.3) is 10.9 Å². The lowest BCUT2D eigenvalue weighted by molar-refractivity contribution is 0.0690. The second kappa shape index (κ2) is 5.14. The van der Waals surface area contributed by atoms with Gasteiger partial charge < -0.3 is 10.4 Å². The molecule has 2 aromatic rings. The zero-order valence-electron chi connectivity index (χ0n) is 9.35. The number of fused-ring (bicyclic) bond motifs is 1. The SMILES string of the molecule is C=C(Br)CNc1c(C(=O)O)nnc2ccccc12. The summed E-state index contributed by atoms with van der Waals surface area (Å²) in [5, 5.41) is 20.5. The molecule has 1 heterocycles. The van der Waals surface area contributed by atoms with Gasteiger partial charge in [0.15, 0.2) is 5.69 Å². The third-order valence-electron chi connectivity index (χ3n) is 2.33. The topological polar surface area (TPSA) is 75.1 Å². The Labute approximate surface area is 112 Å². The Balaban J connectivity index is 2.58. The maximum Gasteiger partial charge on any atom is 0.358 e. The summed E-state index contributed by atoms with van der Waals surface area (Å²) in [4.78, 5) is 11.1. The van der Waals surface area contributed by atoms with E-state index in [9.17, 15) is 4.79 Å². The molecule has 0 fully saturated rings. The van der Waals surface area contributed by atoms with Gasteiger partial charge in [-0.2, -0.15) is 0 Å². The molecule has 18 heavy (non-hydrogen) atoms. The number of carboxylic acids is 1. The van der Waals surface area contributed by atoms with Crippen LogP contribution in [0.4, 0.5) is 5.69 Å². The van der Waals surface area contributed by atoms with Crippen molar-refractivity contribution in [3.8, 4) is 0 Å². The first-order valence-corrected chi connectivity index (χ1v) is 5.94. The summed E-state index contributed by atoms with van der Waals surface area (Å²) in [6.07, 6.45) is 0. The van der Waals surface area contributed by atoms with Crippen LogP contribution in [0.2, 0.25) is 0 Å². The number of rotatable bonds is 4. The number of nitrogens with zero attached hydrogens (tertiary/aromatic N) is 2. The Morgan fingerprint density at radius 3 is 2.78 bits per heavy atom. The van der Waals surface area contributed by atoms with Gasteiger partial charge in [0.25, 0.3) is 0 Å². The molecule has 0 aliphatic carbocycles. The van der Waals surface area contributed by atoms with Gasteiger partial charge in [-0.05, 0) is 6.07 Å². The van der Waals surface area contributed by atoms with Gasteiger partial charge in [0.05, 0.1) is 11.2 Å². The van der Waals surface area contributed by atoms with E-state index >= 15 is 0 Å². The van der Waals surface area contributed by atoms with Crippen molar-refractivity contribution in [1.29, 1.82) is 0 Å². The lowest BCUT2D eigenvalue weighted by Gasteiger charge is -2.10. The highest BCUT2D eigenvalue weighted by atomic mass is 79.9. The minimum Gasteiger partial charge on any atom is -0.476 e. The number of carbonyl (C=O) groups is 1. The summed E-state index contributed by atoms with van der Waals surface area (Å²) in [7, 11) is 0. The summed E-state index contributed by atoms with van der Waals surface area (Å²) in [6, 6.07) is 7.23. The van der Waals surface area contributed by atoms with Crippen LogP contribution in [0.15, 0.2) is 35.3 Å². The van der Waals surface area contributed by atoms with Crippen molar-refractivity contribution in [3.05, 3.63) is 41.0 Å². The smallest absolute Gasteiger partial charge is 0.358 e. The van der Waals surface area contributed by atoms with Crippen molar-refractivity contribution in [2.24, 2.45) is 0 Å². The highest BCUT2D eigenvalue weighted by Gasteiger charge is 2.16. The lowest BCUT2D eigenvalue weighted by atomic mass is 10.1. The summed E-state index contributed by atoms with van der Waals surface area (Å²) in [6.45, 7) is 4.11. The predicted molar refractivity (Wildman–Crippen MR) is 73.1 cm³/mol. The molecule has 1 aromatic heterocycles. The molecule has 0 amide bonds. The summed E-state index contributed by atoms with van der Waals surface area (Å²) < 4.78 is 0.722. The number of aromatic carboxylic acids is 1. The largest absolute Gasteiger partial charge is 0.476 e. The first kappa shape index (κ1) is 12.5. The van der Waals surface area contributed by atoms with Gasteiger partial charge in [0.2, 0.25) is 0 Å². The zero-order valence-corrected chi connectivity index (χ0v) is 10.9. The molecule has 0 aliphatic heterocycles. The molecule has 2 N–H and O–H groups in total. The molecular formula is C12H10BrN3O2. The molecule has 0 aliphatic rings. The summed E-state index contributed by atoms with van der Waals surface area (Å²) >= 11 is 3.22. The molecule has 92 valence electrons. The fourth-order valence-corrected chi connectivity index (χ4v) is 1.71. The van der Waals surface area contributed by atoms with Crippen molar-refractivity contribution in [2.45, 2.75) is 0 Å².